The Balaban J connectivity index is 1.50. The highest BCUT2D eigenvalue weighted by Crippen LogP contribution is 2.38. The Bertz CT molecular complexity index is 1660. The molecule has 0 atom stereocenters. The zero-order valence-electron chi connectivity index (χ0n) is 25.4. The van der Waals surface area contributed by atoms with Crippen molar-refractivity contribution in [3.05, 3.63) is 87.1 Å². The van der Waals surface area contributed by atoms with Gasteiger partial charge < -0.3 is 9.84 Å². The molecule has 4 aromatic rings. The smallest absolute Gasteiger partial charge is 0.259 e. The van der Waals surface area contributed by atoms with Gasteiger partial charge in [-0.2, -0.15) is 15.3 Å². The number of benzene rings is 2. The maximum atomic E-state index is 14.4. The summed E-state index contributed by atoms with van der Waals surface area (Å²) in [6.07, 6.45) is 5.24. The first-order valence-electron chi connectivity index (χ1n) is 15.0. The summed E-state index contributed by atoms with van der Waals surface area (Å²) in [5, 5.41) is 24.5. The monoisotopic (exact) mass is 567 g/mol. The first-order chi connectivity index (χ1) is 20.0. The largest absolute Gasteiger partial charge is 0.388 e. The lowest BCUT2D eigenvalue weighted by atomic mass is 9.83. The molecule has 1 aliphatic carbocycles. The molecule has 42 heavy (non-hydrogen) atoms. The van der Waals surface area contributed by atoms with Crippen LogP contribution >= 0.6 is 0 Å². The molecule has 1 N–H and O–H groups in total. The number of hydrogen-bond acceptors (Lipinski definition) is 6. The Labute approximate surface area is 247 Å². The van der Waals surface area contributed by atoms with Crippen LogP contribution in [0.25, 0.3) is 16.9 Å². The minimum Gasteiger partial charge on any atom is -0.388 e. The van der Waals surface area contributed by atoms with Crippen LogP contribution in [0.5, 0.6) is 0 Å². The molecule has 8 heteroatoms. The summed E-state index contributed by atoms with van der Waals surface area (Å²) in [4.78, 5) is 19.1. The van der Waals surface area contributed by atoms with Crippen LogP contribution < -0.4 is 5.56 Å². The number of fused-ring (bicyclic) bond motifs is 1. The van der Waals surface area contributed by atoms with Gasteiger partial charge in [-0.1, -0.05) is 55.8 Å². The third-order valence-electron chi connectivity index (χ3n) is 8.32. The highest BCUT2D eigenvalue weighted by atomic mass is 16.5. The normalized spacial score (nSPS) is 19.2. The fraction of sp³-hybridized carbons (Fsp3) is 0.471. The molecule has 8 nitrogen and oxygen atoms in total. The van der Waals surface area contributed by atoms with Gasteiger partial charge in [0, 0.05) is 18.0 Å². The molecule has 0 bridgehead atoms. The number of nitrogens with zero attached hydrogens (tertiary/aromatic N) is 5. The number of ether oxygens (including phenoxy) is 1. The van der Waals surface area contributed by atoms with Crippen molar-refractivity contribution in [2.45, 2.75) is 96.8 Å². The first kappa shape index (κ1) is 29.7. The van der Waals surface area contributed by atoms with Crippen LogP contribution in [0, 0.1) is 18.3 Å². The Morgan fingerprint density at radius 3 is 2.48 bits per heavy atom. The van der Waals surface area contributed by atoms with E-state index in [2.05, 4.69) is 19.9 Å². The molecule has 1 aliphatic rings. The predicted molar refractivity (Wildman–Crippen MR) is 164 cm³/mol. The van der Waals surface area contributed by atoms with Crippen LogP contribution in [0.2, 0.25) is 0 Å². The molecular formula is C34H41N5O3. The van der Waals surface area contributed by atoms with Gasteiger partial charge in [-0.3, -0.25) is 9.36 Å². The molecule has 0 aliphatic heterocycles. The molecule has 2 heterocycles. The summed E-state index contributed by atoms with van der Waals surface area (Å²) >= 11 is 0. The maximum absolute atomic E-state index is 14.4. The van der Waals surface area contributed by atoms with Crippen molar-refractivity contribution < 1.29 is 9.84 Å². The van der Waals surface area contributed by atoms with Gasteiger partial charge in [0.1, 0.15) is 5.82 Å². The average Bonchev–Trinajstić information content (AvgIpc) is 3.35. The van der Waals surface area contributed by atoms with Crippen LogP contribution in [-0.2, 0) is 17.6 Å². The first-order valence-corrected chi connectivity index (χ1v) is 15.0. The fourth-order valence-corrected chi connectivity index (χ4v) is 6.03. The third-order valence-corrected chi connectivity index (χ3v) is 8.32. The van der Waals surface area contributed by atoms with Gasteiger partial charge in [0.2, 0.25) is 5.78 Å². The van der Waals surface area contributed by atoms with Gasteiger partial charge in [-0.15, -0.1) is 0 Å². The molecule has 2 aromatic carbocycles. The second-order valence-corrected chi connectivity index (χ2v) is 12.5. The van der Waals surface area contributed by atoms with E-state index in [9.17, 15) is 15.2 Å². The molecule has 0 spiro atoms. The fourth-order valence-electron chi connectivity index (χ4n) is 6.03. The van der Waals surface area contributed by atoms with Crippen LogP contribution in [0.1, 0.15) is 94.0 Å². The number of rotatable bonds is 9. The van der Waals surface area contributed by atoms with Crippen LogP contribution in [0.3, 0.4) is 0 Å². The molecule has 0 saturated heterocycles. The van der Waals surface area contributed by atoms with Crippen molar-refractivity contribution in [3.8, 4) is 17.2 Å². The molecule has 0 unspecified atom stereocenters. The van der Waals surface area contributed by atoms with Gasteiger partial charge >= 0.3 is 0 Å². The van der Waals surface area contributed by atoms with Crippen LogP contribution in [0.4, 0.5) is 0 Å². The van der Waals surface area contributed by atoms with E-state index in [-0.39, 0.29) is 23.8 Å². The Hall–Kier alpha value is -3.80. The highest BCUT2D eigenvalue weighted by molar-refractivity contribution is 5.70. The predicted octanol–water partition coefficient (Wildman–Crippen LogP) is 5.94. The van der Waals surface area contributed by atoms with Gasteiger partial charge in [0.15, 0.2) is 0 Å². The lowest BCUT2D eigenvalue weighted by Crippen LogP contribution is -2.41. The number of aryl methyl sites for hydroxylation is 2. The van der Waals surface area contributed by atoms with E-state index >= 15 is 0 Å². The van der Waals surface area contributed by atoms with E-state index in [0.29, 0.717) is 23.6 Å². The van der Waals surface area contributed by atoms with E-state index in [1.807, 2.05) is 64.5 Å². The summed E-state index contributed by atoms with van der Waals surface area (Å²) < 4.78 is 9.93. The van der Waals surface area contributed by atoms with E-state index in [4.69, 9.17) is 14.8 Å². The molecule has 0 radical (unpaired) electrons. The lowest BCUT2D eigenvalue weighted by molar-refractivity contribution is -0.117. The topological polar surface area (TPSA) is 105 Å². The summed E-state index contributed by atoms with van der Waals surface area (Å²) in [5.74, 6) is 1.26. The Kier molecular flexibility index (Phi) is 8.36. The summed E-state index contributed by atoms with van der Waals surface area (Å²) in [7, 11) is 0. The number of nitriles is 1. The van der Waals surface area contributed by atoms with Crippen LogP contribution in [0.15, 0.2) is 53.3 Å². The standard InChI is InChI=1S/C34H41N5O3/c1-6-9-30-29(20-24-12-14-25(15-13-24)28-11-8-7-10-26(28)21-35)31(40)38(32-36-23(2)37-39(30)32)27-16-18-34(5,19-17-27)42-22-33(3,4)41/h7-8,10-15,27,41H,6,9,16-20,22H2,1-5H3. The number of aromatic nitrogens is 4. The van der Waals surface area contributed by atoms with Gasteiger partial charge in [-0.05, 0) is 82.6 Å². The summed E-state index contributed by atoms with van der Waals surface area (Å²) in [5.41, 5.74) is 4.00. The van der Waals surface area contributed by atoms with Gasteiger partial charge in [-0.25, -0.2) is 4.52 Å². The minimum atomic E-state index is -0.886. The molecule has 0 amide bonds. The Morgan fingerprint density at radius 2 is 1.83 bits per heavy atom. The maximum Gasteiger partial charge on any atom is 0.259 e. The second kappa shape index (κ2) is 11.8. The number of hydrogen-bond donors (Lipinski definition) is 1. The molecule has 1 fully saturated rings. The minimum absolute atomic E-state index is 0.00302. The van der Waals surface area contributed by atoms with Gasteiger partial charge in [0.25, 0.3) is 5.56 Å². The van der Waals surface area contributed by atoms with Crippen molar-refractivity contribution in [2.24, 2.45) is 0 Å². The third kappa shape index (κ3) is 6.18. The highest BCUT2D eigenvalue weighted by Gasteiger charge is 2.36. The molecule has 1 saturated carbocycles. The SMILES string of the molecule is CCCc1c(Cc2ccc(-c3ccccc3C#N)cc2)c(=O)n(C2CCC(C)(OCC(C)(C)O)CC2)c2nc(C)nn12. The molecule has 220 valence electrons. The van der Waals surface area contributed by atoms with E-state index in [1.54, 1.807) is 13.8 Å². The zero-order chi connectivity index (χ0) is 30.1. The van der Waals surface area contributed by atoms with Crippen molar-refractivity contribution in [1.29, 1.82) is 5.26 Å². The summed E-state index contributed by atoms with van der Waals surface area (Å²) in [6, 6.07) is 18.0. The van der Waals surface area contributed by atoms with Gasteiger partial charge in [0.05, 0.1) is 35.1 Å². The zero-order valence-corrected chi connectivity index (χ0v) is 25.4. The Morgan fingerprint density at radius 1 is 1.14 bits per heavy atom. The van der Waals surface area contributed by atoms with Crippen molar-refractivity contribution in [1.82, 2.24) is 19.2 Å². The molecule has 5 rings (SSSR count). The second-order valence-electron chi connectivity index (χ2n) is 12.5. The van der Waals surface area contributed by atoms with Crippen LogP contribution in [-0.4, -0.2) is 42.1 Å². The average molecular weight is 568 g/mol. The van der Waals surface area contributed by atoms with E-state index in [1.165, 1.54) is 0 Å². The quantitative estimate of drug-likeness (QED) is 0.268. The number of aliphatic hydroxyl groups is 1. The summed E-state index contributed by atoms with van der Waals surface area (Å²) in [6.45, 7) is 9.87. The van der Waals surface area contributed by atoms with Crippen molar-refractivity contribution in [3.63, 3.8) is 0 Å². The molecular weight excluding hydrogens is 526 g/mol. The lowest BCUT2D eigenvalue weighted by Gasteiger charge is -2.39. The van der Waals surface area contributed by atoms with Crippen molar-refractivity contribution >= 4 is 5.78 Å². The van der Waals surface area contributed by atoms with Crippen molar-refractivity contribution in [2.75, 3.05) is 6.61 Å². The van der Waals surface area contributed by atoms with E-state index in [0.717, 1.165) is 66.5 Å². The molecule has 2 aromatic heterocycles. The van der Waals surface area contributed by atoms with E-state index < -0.39 is 5.60 Å².